The summed E-state index contributed by atoms with van der Waals surface area (Å²) in [5.74, 6) is 0.552. The lowest BCUT2D eigenvalue weighted by Gasteiger charge is -2.03. The first-order valence-electron chi connectivity index (χ1n) is 9.59. The Kier molecular flexibility index (Phi) is 5.19. The van der Waals surface area contributed by atoms with Crippen molar-refractivity contribution in [1.29, 1.82) is 0 Å². The minimum absolute atomic E-state index is 0.233. The monoisotopic (exact) mass is 443 g/mol. The number of thiazole rings is 2. The highest BCUT2D eigenvalue weighted by Gasteiger charge is 2.19. The van der Waals surface area contributed by atoms with Crippen molar-refractivity contribution in [3.63, 3.8) is 0 Å². The summed E-state index contributed by atoms with van der Waals surface area (Å²) in [5, 5.41) is 4.99. The molecule has 0 aliphatic heterocycles. The molecule has 0 aliphatic rings. The van der Waals surface area contributed by atoms with E-state index in [0.717, 1.165) is 37.8 Å². The highest BCUT2D eigenvalue weighted by Crippen LogP contribution is 2.38. The fourth-order valence-corrected chi connectivity index (χ4v) is 5.03. The molecule has 31 heavy (non-hydrogen) atoms. The normalized spacial score (nSPS) is 10.9. The second kappa shape index (κ2) is 8.29. The number of amides is 1. The van der Waals surface area contributed by atoms with E-state index in [1.165, 1.54) is 22.7 Å². The number of benzene rings is 3. The van der Waals surface area contributed by atoms with Crippen LogP contribution in [0.4, 0.5) is 5.00 Å². The van der Waals surface area contributed by atoms with Gasteiger partial charge in [-0.05, 0) is 36.4 Å². The fourth-order valence-electron chi connectivity index (χ4n) is 3.18. The molecule has 0 bridgehead atoms. The van der Waals surface area contributed by atoms with Crippen LogP contribution in [-0.2, 0) is 0 Å². The molecule has 0 atom stereocenters. The van der Waals surface area contributed by atoms with Crippen LogP contribution in [0.5, 0.6) is 5.75 Å². The molecule has 152 valence electrons. The molecule has 2 heterocycles. The van der Waals surface area contributed by atoms with E-state index >= 15 is 0 Å². The van der Waals surface area contributed by atoms with Crippen LogP contribution in [0.25, 0.3) is 32.0 Å². The van der Waals surface area contributed by atoms with E-state index in [9.17, 15) is 4.79 Å². The number of anilines is 1. The highest BCUT2D eigenvalue weighted by atomic mass is 32.1. The van der Waals surface area contributed by atoms with Crippen molar-refractivity contribution in [3.8, 4) is 27.6 Å². The Morgan fingerprint density at radius 3 is 2.32 bits per heavy atom. The zero-order valence-corrected chi connectivity index (χ0v) is 18.2. The molecule has 0 fully saturated rings. The van der Waals surface area contributed by atoms with Crippen LogP contribution >= 0.6 is 22.7 Å². The maximum atomic E-state index is 13.0. The van der Waals surface area contributed by atoms with Gasteiger partial charge in [0.1, 0.15) is 21.5 Å². The highest BCUT2D eigenvalue weighted by molar-refractivity contribution is 7.21. The lowest BCUT2D eigenvalue weighted by atomic mass is 10.1. The number of hydrogen-bond donors (Lipinski definition) is 1. The second-order valence-electron chi connectivity index (χ2n) is 6.73. The number of carbonyl (C=O) groups is 1. The fraction of sp³-hybridized carbons (Fsp3) is 0.0417. The van der Waals surface area contributed by atoms with Crippen LogP contribution in [0.15, 0.2) is 78.9 Å². The molecule has 0 saturated carbocycles. The quantitative estimate of drug-likeness (QED) is 0.344. The van der Waals surface area contributed by atoms with Crippen molar-refractivity contribution in [2.24, 2.45) is 0 Å². The number of hydrogen-bond acceptors (Lipinski definition) is 6. The number of methoxy groups -OCH3 is 1. The minimum atomic E-state index is -0.233. The summed E-state index contributed by atoms with van der Waals surface area (Å²) >= 11 is 2.82. The van der Waals surface area contributed by atoms with Crippen molar-refractivity contribution in [1.82, 2.24) is 9.97 Å². The molecule has 0 aliphatic carbocycles. The van der Waals surface area contributed by atoms with Crippen LogP contribution in [0.3, 0.4) is 0 Å². The number of ether oxygens (including phenoxy) is 1. The van der Waals surface area contributed by atoms with Gasteiger partial charge >= 0.3 is 0 Å². The Morgan fingerprint density at radius 2 is 1.58 bits per heavy atom. The van der Waals surface area contributed by atoms with Gasteiger partial charge in [0.05, 0.1) is 17.3 Å². The molecule has 3 aromatic carbocycles. The van der Waals surface area contributed by atoms with E-state index in [1.54, 1.807) is 7.11 Å². The van der Waals surface area contributed by atoms with Gasteiger partial charge in [0.25, 0.3) is 5.91 Å². The lowest BCUT2D eigenvalue weighted by molar-refractivity contribution is 0.102. The topological polar surface area (TPSA) is 64.1 Å². The van der Waals surface area contributed by atoms with Gasteiger partial charge in [-0.3, -0.25) is 4.79 Å². The SMILES string of the molecule is COc1ccc(-c2nc(-c3ccccc3)c(NC(=O)c3nc4ccccc4s3)s2)cc1. The summed E-state index contributed by atoms with van der Waals surface area (Å²) in [7, 11) is 1.64. The van der Waals surface area contributed by atoms with Gasteiger partial charge in [-0.25, -0.2) is 9.97 Å². The first-order valence-corrected chi connectivity index (χ1v) is 11.2. The molecule has 0 unspecified atom stereocenters. The van der Waals surface area contributed by atoms with Crippen LogP contribution in [0.2, 0.25) is 0 Å². The molecule has 5 nitrogen and oxygen atoms in total. The Hall–Kier alpha value is -3.55. The van der Waals surface area contributed by atoms with Gasteiger partial charge in [-0.1, -0.05) is 53.8 Å². The van der Waals surface area contributed by atoms with Gasteiger partial charge < -0.3 is 10.1 Å². The van der Waals surface area contributed by atoms with Crippen molar-refractivity contribution >= 4 is 43.8 Å². The Balaban J connectivity index is 1.52. The number of nitrogens with one attached hydrogen (secondary N) is 1. The van der Waals surface area contributed by atoms with Gasteiger partial charge in [0, 0.05) is 11.1 Å². The summed E-state index contributed by atoms with van der Waals surface area (Å²) in [6.07, 6.45) is 0. The lowest BCUT2D eigenvalue weighted by Crippen LogP contribution is -2.11. The minimum Gasteiger partial charge on any atom is -0.497 e. The third-order valence-electron chi connectivity index (χ3n) is 4.73. The first kappa shape index (κ1) is 19.4. The molecule has 0 saturated heterocycles. The van der Waals surface area contributed by atoms with E-state index in [0.29, 0.717) is 10.0 Å². The van der Waals surface area contributed by atoms with Crippen LogP contribution in [0.1, 0.15) is 9.80 Å². The molecule has 7 heteroatoms. The van der Waals surface area contributed by atoms with Crippen molar-refractivity contribution in [2.75, 3.05) is 12.4 Å². The maximum absolute atomic E-state index is 13.0. The summed E-state index contributed by atoms with van der Waals surface area (Å²) < 4.78 is 6.24. The van der Waals surface area contributed by atoms with Crippen LogP contribution in [-0.4, -0.2) is 23.0 Å². The molecule has 5 aromatic rings. The maximum Gasteiger partial charge on any atom is 0.285 e. The third-order valence-corrected chi connectivity index (χ3v) is 6.78. The second-order valence-corrected chi connectivity index (χ2v) is 8.76. The van der Waals surface area contributed by atoms with Gasteiger partial charge in [-0.2, -0.15) is 0 Å². The molecular formula is C24H17N3O2S2. The number of aromatic nitrogens is 2. The van der Waals surface area contributed by atoms with Gasteiger partial charge in [0.15, 0.2) is 5.01 Å². The largest absolute Gasteiger partial charge is 0.497 e. The van der Waals surface area contributed by atoms with E-state index in [4.69, 9.17) is 9.72 Å². The molecule has 1 amide bonds. The molecule has 2 aromatic heterocycles. The van der Waals surface area contributed by atoms with E-state index in [-0.39, 0.29) is 5.91 Å². The predicted octanol–water partition coefficient (Wildman–Crippen LogP) is 6.35. The number of rotatable bonds is 5. The van der Waals surface area contributed by atoms with E-state index in [2.05, 4.69) is 10.3 Å². The summed E-state index contributed by atoms with van der Waals surface area (Å²) in [5.41, 5.74) is 3.47. The Morgan fingerprint density at radius 1 is 0.839 bits per heavy atom. The number of carbonyl (C=O) groups excluding carboxylic acids is 1. The number of nitrogens with zero attached hydrogens (tertiary/aromatic N) is 2. The van der Waals surface area contributed by atoms with Gasteiger partial charge in [-0.15, -0.1) is 11.3 Å². The van der Waals surface area contributed by atoms with Crippen LogP contribution in [0, 0.1) is 0 Å². The molecule has 0 radical (unpaired) electrons. The van der Waals surface area contributed by atoms with Crippen molar-refractivity contribution in [2.45, 2.75) is 0 Å². The average molecular weight is 444 g/mol. The first-order chi connectivity index (χ1) is 15.2. The molecule has 0 spiro atoms. The standard InChI is InChI=1S/C24H17N3O2S2/c1-29-17-13-11-16(12-14-17)22-26-20(15-7-3-2-4-8-15)23(31-22)27-21(28)24-25-18-9-5-6-10-19(18)30-24/h2-14H,1H3,(H,27,28). The van der Waals surface area contributed by atoms with Crippen molar-refractivity contribution < 1.29 is 9.53 Å². The molecule has 5 rings (SSSR count). The Bertz CT molecular complexity index is 1330. The van der Waals surface area contributed by atoms with E-state index in [1.807, 2.05) is 78.9 Å². The van der Waals surface area contributed by atoms with Crippen LogP contribution < -0.4 is 10.1 Å². The number of para-hydroxylation sites is 1. The van der Waals surface area contributed by atoms with E-state index < -0.39 is 0 Å². The van der Waals surface area contributed by atoms with Gasteiger partial charge in [0.2, 0.25) is 0 Å². The molecular weight excluding hydrogens is 426 g/mol. The van der Waals surface area contributed by atoms with Crippen molar-refractivity contribution in [3.05, 3.63) is 83.9 Å². The zero-order chi connectivity index (χ0) is 21.2. The molecule has 1 N–H and O–H groups in total. The third kappa shape index (κ3) is 3.93. The summed E-state index contributed by atoms with van der Waals surface area (Å²) in [6, 6.07) is 25.3. The predicted molar refractivity (Wildman–Crippen MR) is 127 cm³/mol. The number of fused-ring (bicyclic) bond motifs is 1. The average Bonchev–Trinajstić information content (AvgIpc) is 3.44. The summed E-state index contributed by atoms with van der Waals surface area (Å²) in [4.78, 5) is 22.3. The Labute approximate surface area is 187 Å². The summed E-state index contributed by atoms with van der Waals surface area (Å²) in [6.45, 7) is 0. The zero-order valence-electron chi connectivity index (χ0n) is 16.5. The smallest absolute Gasteiger partial charge is 0.285 e.